The molecule has 3 heteroatoms. The van der Waals surface area contributed by atoms with E-state index in [9.17, 15) is 4.39 Å². The SMILES string of the molecule is CC(NC1CC(c2ccc(F)cc2)C1)c1ccccc1Br. The molecule has 0 heterocycles. The molecule has 3 rings (SSSR count). The molecule has 2 aromatic carbocycles. The van der Waals surface area contributed by atoms with Crippen LogP contribution in [0.15, 0.2) is 53.0 Å². The van der Waals surface area contributed by atoms with Crippen LogP contribution >= 0.6 is 15.9 Å². The summed E-state index contributed by atoms with van der Waals surface area (Å²) in [4.78, 5) is 0. The number of rotatable bonds is 4. The highest BCUT2D eigenvalue weighted by molar-refractivity contribution is 9.10. The van der Waals surface area contributed by atoms with Crippen LogP contribution < -0.4 is 5.32 Å². The van der Waals surface area contributed by atoms with E-state index in [2.05, 4.69) is 46.4 Å². The van der Waals surface area contributed by atoms with Crippen molar-refractivity contribution in [1.29, 1.82) is 0 Å². The van der Waals surface area contributed by atoms with E-state index in [0.29, 0.717) is 18.0 Å². The highest BCUT2D eigenvalue weighted by Crippen LogP contribution is 2.38. The van der Waals surface area contributed by atoms with Crippen LogP contribution in [0.25, 0.3) is 0 Å². The van der Waals surface area contributed by atoms with Crippen LogP contribution in [0.5, 0.6) is 0 Å². The fraction of sp³-hybridized carbons (Fsp3) is 0.333. The van der Waals surface area contributed by atoms with Crippen molar-refractivity contribution in [2.75, 3.05) is 0 Å². The van der Waals surface area contributed by atoms with Gasteiger partial charge in [0.2, 0.25) is 0 Å². The van der Waals surface area contributed by atoms with E-state index >= 15 is 0 Å². The minimum Gasteiger partial charge on any atom is -0.307 e. The minimum atomic E-state index is -0.157. The van der Waals surface area contributed by atoms with E-state index < -0.39 is 0 Å². The first-order valence-corrected chi connectivity index (χ1v) is 8.18. The average Bonchev–Trinajstić information content (AvgIpc) is 2.44. The van der Waals surface area contributed by atoms with E-state index in [1.54, 1.807) is 12.1 Å². The molecular formula is C18H19BrFN. The number of hydrogen-bond donors (Lipinski definition) is 1. The highest BCUT2D eigenvalue weighted by atomic mass is 79.9. The molecule has 1 saturated carbocycles. The van der Waals surface area contributed by atoms with Crippen LogP contribution in [0, 0.1) is 5.82 Å². The Morgan fingerprint density at radius 3 is 2.43 bits per heavy atom. The summed E-state index contributed by atoms with van der Waals surface area (Å²) in [5.41, 5.74) is 2.55. The summed E-state index contributed by atoms with van der Waals surface area (Å²) in [6.45, 7) is 2.20. The maximum Gasteiger partial charge on any atom is 0.123 e. The maximum atomic E-state index is 12.9. The van der Waals surface area contributed by atoms with Crippen LogP contribution in [0.1, 0.15) is 42.9 Å². The molecule has 0 bridgehead atoms. The van der Waals surface area contributed by atoms with Crippen LogP contribution in [-0.4, -0.2) is 6.04 Å². The van der Waals surface area contributed by atoms with Gasteiger partial charge >= 0.3 is 0 Å². The van der Waals surface area contributed by atoms with Crippen molar-refractivity contribution in [2.24, 2.45) is 0 Å². The second-order valence-electron chi connectivity index (χ2n) is 5.83. The average molecular weight is 348 g/mol. The van der Waals surface area contributed by atoms with Gasteiger partial charge in [-0.15, -0.1) is 0 Å². The third kappa shape index (κ3) is 3.35. The lowest BCUT2D eigenvalue weighted by molar-refractivity contribution is 0.270. The summed E-state index contributed by atoms with van der Waals surface area (Å²) < 4.78 is 14.1. The van der Waals surface area contributed by atoms with Gasteiger partial charge in [0, 0.05) is 16.6 Å². The van der Waals surface area contributed by atoms with Gasteiger partial charge in [0.05, 0.1) is 0 Å². The second kappa shape index (κ2) is 6.29. The molecule has 1 fully saturated rings. The Kier molecular flexibility index (Phi) is 4.41. The number of nitrogens with one attached hydrogen (secondary N) is 1. The van der Waals surface area contributed by atoms with Crippen LogP contribution in [0.3, 0.4) is 0 Å². The van der Waals surface area contributed by atoms with Gasteiger partial charge in [-0.3, -0.25) is 0 Å². The summed E-state index contributed by atoms with van der Waals surface area (Å²) in [5, 5.41) is 3.68. The molecule has 0 amide bonds. The monoisotopic (exact) mass is 347 g/mol. The van der Waals surface area contributed by atoms with Crippen LogP contribution in [-0.2, 0) is 0 Å². The predicted octanol–water partition coefficient (Wildman–Crippen LogP) is 5.19. The number of benzene rings is 2. The van der Waals surface area contributed by atoms with Gasteiger partial charge in [-0.2, -0.15) is 0 Å². The Bertz CT molecular complexity index is 605. The van der Waals surface area contributed by atoms with E-state index in [1.807, 2.05) is 18.2 Å². The summed E-state index contributed by atoms with van der Waals surface area (Å²) in [6.07, 6.45) is 2.25. The van der Waals surface area contributed by atoms with E-state index in [1.165, 1.54) is 11.1 Å². The van der Waals surface area contributed by atoms with Gasteiger partial charge in [-0.1, -0.05) is 46.3 Å². The topological polar surface area (TPSA) is 12.0 Å². The quantitative estimate of drug-likeness (QED) is 0.802. The molecule has 0 saturated heterocycles. The minimum absolute atomic E-state index is 0.157. The van der Waals surface area contributed by atoms with Crippen molar-refractivity contribution in [3.05, 3.63) is 69.9 Å². The van der Waals surface area contributed by atoms with E-state index in [-0.39, 0.29) is 5.82 Å². The zero-order valence-electron chi connectivity index (χ0n) is 12.0. The molecule has 0 aliphatic heterocycles. The van der Waals surface area contributed by atoms with Gasteiger partial charge in [-0.05, 0) is 55.0 Å². The predicted molar refractivity (Wildman–Crippen MR) is 87.9 cm³/mol. The lowest BCUT2D eigenvalue weighted by Crippen LogP contribution is -2.41. The van der Waals surface area contributed by atoms with Gasteiger partial charge in [0.15, 0.2) is 0 Å². The zero-order chi connectivity index (χ0) is 14.8. The Balaban J connectivity index is 1.55. The molecular weight excluding hydrogens is 329 g/mol. The maximum absolute atomic E-state index is 12.9. The largest absolute Gasteiger partial charge is 0.307 e. The Morgan fingerprint density at radius 1 is 1.10 bits per heavy atom. The number of hydrogen-bond acceptors (Lipinski definition) is 1. The summed E-state index contributed by atoms with van der Waals surface area (Å²) in [6, 6.07) is 16.1. The summed E-state index contributed by atoms with van der Waals surface area (Å²) in [7, 11) is 0. The molecule has 1 nitrogen and oxygen atoms in total. The lowest BCUT2D eigenvalue weighted by Gasteiger charge is -2.38. The van der Waals surface area contributed by atoms with Gasteiger partial charge in [0.1, 0.15) is 5.82 Å². The van der Waals surface area contributed by atoms with Crippen molar-refractivity contribution in [3.63, 3.8) is 0 Å². The third-order valence-electron chi connectivity index (χ3n) is 4.34. The third-order valence-corrected chi connectivity index (χ3v) is 5.06. The van der Waals surface area contributed by atoms with Crippen molar-refractivity contribution in [3.8, 4) is 0 Å². The molecule has 0 spiro atoms. The van der Waals surface area contributed by atoms with Crippen molar-refractivity contribution in [2.45, 2.75) is 37.8 Å². The van der Waals surface area contributed by atoms with Crippen molar-refractivity contribution >= 4 is 15.9 Å². The smallest absolute Gasteiger partial charge is 0.123 e. The Morgan fingerprint density at radius 2 is 1.76 bits per heavy atom. The molecule has 1 unspecified atom stereocenters. The molecule has 1 aliphatic carbocycles. The molecule has 2 aromatic rings. The Labute approximate surface area is 133 Å². The summed E-state index contributed by atoms with van der Waals surface area (Å²) >= 11 is 3.61. The first-order chi connectivity index (χ1) is 10.1. The van der Waals surface area contributed by atoms with Crippen molar-refractivity contribution < 1.29 is 4.39 Å². The standard InChI is InChI=1S/C18H19BrFN/c1-12(17-4-2-3-5-18(17)19)21-16-10-14(11-16)13-6-8-15(20)9-7-13/h2-9,12,14,16,21H,10-11H2,1H3. The Hall–Kier alpha value is -1.19. The second-order valence-corrected chi connectivity index (χ2v) is 6.68. The fourth-order valence-corrected chi connectivity index (χ4v) is 3.66. The van der Waals surface area contributed by atoms with E-state index in [4.69, 9.17) is 0 Å². The van der Waals surface area contributed by atoms with Gasteiger partial charge in [-0.25, -0.2) is 4.39 Å². The lowest BCUT2D eigenvalue weighted by atomic mass is 9.75. The number of halogens is 2. The van der Waals surface area contributed by atoms with Crippen LogP contribution in [0.4, 0.5) is 4.39 Å². The molecule has 1 atom stereocenters. The normalized spacial score (nSPS) is 22.6. The first-order valence-electron chi connectivity index (χ1n) is 7.39. The molecule has 1 aliphatic rings. The fourth-order valence-electron chi connectivity index (χ4n) is 3.03. The molecule has 21 heavy (non-hydrogen) atoms. The molecule has 110 valence electrons. The van der Waals surface area contributed by atoms with Crippen molar-refractivity contribution in [1.82, 2.24) is 5.32 Å². The molecule has 0 radical (unpaired) electrons. The van der Waals surface area contributed by atoms with Gasteiger partial charge < -0.3 is 5.32 Å². The van der Waals surface area contributed by atoms with E-state index in [0.717, 1.165) is 17.3 Å². The van der Waals surface area contributed by atoms with Gasteiger partial charge in [0.25, 0.3) is 0 Å². The summed E-state index contributed by atoms with van der Waals surface area (Å²) in [5.74, 6) is 0.407. The molecule has 1 N–H and O–H groups in total. The van der Waals surface area contributed by atoms with Crippen LogP contribution in [0.2, 0.25) is 0 Å². The zero-order valence-corrected chi connectivity index (χ0v) is 13.6. The first kappa shape index (κ1) is 14.7. The molecule has 0 aromatic heterocycles. The highest BCUT2D eigenvalue weighted by Gasteiger charge is 2.31.